The molecule has 0 aromatic heterocycles. The van der Waals surface area contributed by atoms with Crippen LogP contribution in [0.5, 0.6) is 5.75 Å². The van der Waals surface area contributed by atoms with E-state index in [4.69, 9.17) is 4.74 Å². The van der Waals surface area contributed by atoms with Crippen molar-refractivity contribution in [1.29, 1.82) is 0 Å². The molecule has 1 atom stereocenters. The van der Waals surface area contributed by atoms with Crippen molar-refractivity contribution in [1.82, 2.24) is 10.0 Å². The Balaban J connectivity index is 1.96. The van der Waals surface area contributed by atoms with Crippen molar-refractivity contribution in [3.63, 3.8) is 0 Å². The van der Waals surface area contributed by atoms with Crippen LogP contribution in [0.25, 0.3) is 0 Å². The third-order valence-corrected chi connectivity index (χ3v) is 6.14. The van der Waals surface area contributed by atoms with Crippen LogP contribution in [0, 0.1) is 12.8 Å². The molecule has 0 heterocycles. The van der Waals surface area contributed by atoms with E-state index >= 15 is 0 Å². The van der Waals surface area contributed by atoms with Gasteiger partial charge in [0, 0.05) is 11.0 Å². The average Bonchev–Trinajstić information content (AvgIpc) is 2.65. The summed E-state index contributed by atoms with van der Waals surface area (Å²) >= 11 is 3.42. The van der Waals surface area contributed by atoms with Crippen LogP contribution < -0.4 is 14.8 Å². The van der Waals surface area contributed by atoms with Gasteiger partial charge in [-0.15, -0.1) is 0 Å². The van der Waals surface area contributed by atoms with Crippen LogP contribution >= 0.6 is 15.9 Å². The van der Waals surface area contributed by atoms with Gasteiger partial charge in [-0.3, -0.25) is 4.79 Å². The fraction of sp³-hybridized carbons (Fsp3) is 0.381. The standard InChI is InChI=1S/C21H27BrN2O4S/c1-14(2)12-23-29(26,27)19-8-9-20(15(3)10-19)28-13-21(25)24-16(4)17-6-5-7-18(22)11-17/h5-11,14,16,23H,12-13H2,1-4H3,(H,24,25)/t16-/m0/s1. The molecule has 29 heavy (non-hydrogen) atoms. The molecule has 0 aliphatic heterocycles. The smallest absolute Gasteiger partial charge is 0.258 e. The number of rotatable bonds is 9. The van der Waals surface area contributed by atoms with Crippen molar-refractivity contribution in [2.24, 2.45) is 5.92 Å². The van der Waals surface area contributed by atoms with E-state index in [1.165, 1.54) is 6.07 Å². The van der Waals surface area contributed by atoms with Crippen molar-refractivity contribution in [2.75, 3.05) is 13.2 Å². The molecule has 2 N–H and O–H groups in total. The van der Waals surface area contributed by atoms with Crippen molar-refractivity contribution in [3.8, 4) is 5.75 Å². The van der Waals surface area contributed by atoms with E-state index in [1.54, 1.807) is 19.1 Å². The van der Waals surface area contributed by atoms with Gasteiger partial charge in [-0.25, -0.2) is 13.1 Å². The molecule has 0 radical (unpaired) electrons. The number of sulfonamides is 1. The quantitative estimate of drug-likeness (QED) is 0.566. The molecule has 0 saturated heterocycles. The highest BCUT2D eigenvalue weighted by molar-refractivity contribution is 9.10. The Morgan fingerprint density at radius 1 is 1.14 bits per heavy atom. The second kappa shape index (κ2) is 10.2. The molecule has 158 valence electrons. The Labute approximate surface area is 181 Å². The summed E-state index contributed by atoms with van der Waals surface area (Å²) < 4.78 is 33.8. The maximum absolute atomic E-state index is 12.3. The van der Waals surface area contributed by atoms with Crippen LogP contribution in [-0.2, 0) is 14.8 Å². The molecule has 0 saturated carbocycles. The lowest BCUT2D eigenvalue weighted by molar-refractivity contribution is -0.123. The van der Waals surface area contributed by atoms with E-state index in [9.17, 15) is 13.2 Å². The monoisotopic (exact) mass is 482 g/mol. The molecule has 2 aromatic rings. The first-order valence-corrected chi connectivity index (χ1v) is 11.6. The van der Waals surface area contributed by atoms with Crippen molar-refractivity contribution < 1.29 is 17.9 Å². The number of hydrogen-bond donors (Lipinski definition) is 2. The summed E-state index contributed by atoms with van der Waals surface area (Å²) in [4.78, 5) is 12.4. The summed E-state index contributed by atoms with van der Waals surface area (Å²) in [7, 11) is -3.56. The minimum Gasteiger partial charge on any atom is -0.484 e. The Morgan fingerprint density at radius 3 is 2.48 bits per heavy atom. The lowest BCUT2D eigenvalue weighted by Gasteiger charge is -2.16. The zero-order chi connectivity index (χ0) is 21.6. The van der Waals surface area contributed by atoms with Gasteiger partial charge in [0.1, 0.15) is 5.75 Å². The molecule has 1 amide bonds. The molecule has 0 spiro atoms. The molecule has 8 heteroatoms. The molecule has 2 aromatic carbocycles. The van der Waals surface area contributed by atoms with Crippen LogP contribution in [-0.4, -0.2) is 27.5 Å². The van der Waals surface area contributed by atoms with E-state index in [0.29, 0.717) is 17.9 Å². The first kappa shape index (κ1) is 23.4. The predicted octanol–water partition coefficient (Wildman–Crippen LogP) is 3.95. The Morgan fingerprint density at radius 2 is 1.86 bits per heavy atom. The van der Waals surface area contributed by atoms with E-state index in [2.05, 4.69) is 26.0 Å². The van der Waals surface area contributed by atoms with Gasteiger partial charge in [-0.1, -0.05) is 41.9 Å². The molecule has 0 aliphatic rings. The van der Waals surface area contributed by atoms with Crippen LogP contribution in [0.4, 0.5) is 0 Å². The minimum atomic E-state index is -3.56. The number of nitrogens with one attached hydrogen (secondary N) is 2. The van der Waals surface area contributed by atoms with E-state index < -0.39 is 10.0 Å². The van der Waals surface area contributed by atoms with Gasteiger partial charge < -0.3 is 10.1 Å². The lowest BCUT2D eigenvalue weighted by Crippen LogP contribution is -2.31. The zero-order valence-electron chi connectivity index (χ0n) is 17.0. The highest BCUT2D eigenvalue weighted by atomic mass is 79.9. The number of ether oxygens (including phenoxy) is 1. The fourth-order valence-electron chi connectivity index (χ4n) is 2.60. The molecule has 0 fully saturated rings. The average molecular weight is 483 g/mol. The summed E-state index contributed by atoms with van der Waals surface area (Å²) in [6.07, 6.45) is 0. The summed E-state index contributed by atoms with van der Waals surface area (Å²) in [6, 6.07) is 12.1. The highest BCUT2D eigenvalue weighted by Crippen LogP contribution is 2.22. The van der Waals surface area contributed by atoms with Gasteiger partial charge in [-0.05, 0) is 61.2 Å². The Bertz CT molecular complexity index is 961. The summed E-state index contributed by atoms with van der Waals surface area (Å²) in [6.45, 7) is 7.74. The van der Waals surface area contributed by atoms with Crippen LogP contribution in [0.15, 0.2) is 51.8 Å². The molecule has 2 rings (SSSR count). The predicted molar refractivity (Wildman–Crippen MR) is 117 cm³/mol. The first-order chi connectivity index (χ1) is 13.6. The van der Waals surface area contributed by atoms with Gasteiger partial charge in [0.15, 0.2) is 6.61 Å². The SMILES string of the molecule is Cc1cc(S(=O)(=O)NCC(C)C)ccc1OCC(=O)N[C@@H](C)c1cccc(Br)c1. The van der Waals surface area contributed by atoms with Gasteiger partial charge in [0.2, 0.25) is 10.0 Å². The van der Waals surface area contributed by atoms with E-state index in [1.807, 2.05) is 45.0 Å². The first-order valence-electron chi connectivity index (χ1n) is 9.36. The largest absolute Gasteiger partial charge is 0.484 e. The van der Waals surface area contributed by atoms with Gasteiger partial charge >= 0.3 is 0 Å². The number of aryl methyl sites for hydroxylation is 1. The molecular formula is C21H27BrN2O4S. The van der Waals surface area contributed by atoms with Crippen molar-refractivity contribution in [2.45, 2.75) is 38.6 Å². The summed E-state index contributed by atoms with van der Waals surface area (Å²) in [5.41, 5.74) is 1.62. The zero-order valence-corrected chi connectivity index (χ0v) is 19.4. The Hall–Kier alpha value is -1.90. The third-order valence-electron chi connectivity index (χ3n) is 4.22. The molecular weight excluding hydrogens is 456 g/mol. The maximum atomic E-state index is 12.3. The number of carbonyl (C=O) groups excluding carboxylic acids is 1. The second-order valence-electron chi connectivity index (χ2n) is 7.31. The molecule has 0 bridgehead atoms. The van der Waals surface area contributed by atoms with Gasteiger partial charge in [0.25, 0.3) is 5.91 Å². The number of carbonyl (C=O) groups is 1. The molecule has 0 unspecified atom stereocenters. The van der Waals surface area contributed by atoms with Crippen LogP contribution in [0.3, 0.4) is 0 Å². The minimum absolute atomic E-state index is 0.156. The number of amides is 1. The summed E-state index contributed by atoms with van der Waals surface area (Å²) in [5, 5.41) is 2.89. The van der Waals surface area contributed by atoms with Gasteiger partial charge in [-0.2, -0.15) is 0 Å². The highest BCUT2D eigenvalue weighted by Gasteiger charge is 2.16. The van der Waals surface area contributed by atoms with E-state index in [-0.39, 0.29) is 29.4 Å². The second-order valence-corrected chi connectivity index (χ2v) is 9.99. The van der Waals surface area contributed by atoms with Crippen LogP contribution in [0.2, 0.25) is 0 Å². The number of benzene rings is 2. The van der Waals surface area contributed by atoms with Crippen LogP contribution in [0.1, 0.15) is 37.9 Å². The fourth-order valence-corrected chi connectivity index (χ4v) is 4.31. The third kappa shape index (κ3) is 7.13. The van der Waals surface area contributed by atoms with Gasteiger partial charge in [0.05, 0.1) is 10.9 Å². The Kier molecular flexibility index (Phi) is 8.24. The summed E-state index contributed by atoms with van der Waals surface area (Å²) in [5.74, 6) is 0.427. The van der Waals surface area contributed by atoms with Crippen molar-refractivity contribution >= 4 is 31.9 Å². The van der Waals surface area contributed by atoms with E-state index in [0.717, 1.165) is 10.0 Å². The maximum Gasteiger partial charge on any atom is 0.258 e. The number of hydrogen-bond acceptors (Lipinski definition) is 4. The normalized spacial score (nSPS) is 12.6. The molecule has 0 aliphatic carbocycles. The topological polar surface area (TPSA) is 84.5 Å². The lowest BCUT2D eigenvalue weighted by atomic mass is 10.1. The van der Waals surface area contributed by atoms with Crippen molar-refractivity contribution in [3.05, 3.63) is 58.1 Å². The molecule has 6 nitrogen and oxygen atoms in total. The number of halogens is 1.